The Labute approximate surface area is 184 Å². The van der Waals surface area contributed by atoms with Crippen molar-refractivity contribution in [2.75, 3.05) is 0 Å². The van der Waals surface area contributed by atoms with Crippen molar-refractivity contribution in [3.05, 3.63) is 23.8 Å². The van der Waals surface area contributed by atoms with Crippen LogP contribution in [0.2, 0.25) is 18.1 Å². The third kappa shape index (κ3) is 5.28. The fourth-order valence-electron chi connectivity index (χ4n) is 5.21. The lowest BCUT2D eigenvalue weighted by molar-refractivity contribution is -0.160. The number of hydrogen-bond donors (Lipinski definition) is 1. The van der Waals surface area contributed by atoms with Crippen LogP contribution in [0.15, 0.2) is 23.8 Å². The molecule has 4 nitrogen and oxygen atoms in total. The quantitative estimate of drug-likeness (QED) is 0.450. The largest absolute Gasteiger partial charge is 0.462 e. The maximum Gasteiger partial charge on any atom is 0.308 e. The van der Waals surface area contributed by atoms with Crippen LogP contribution in [-0.4, -0.2) is 37.7 Å². The summed E-state index contributed by atoms with van der Waals surface area (Å²) in [5, 5.41) is 10.9. The molecule has 1 heterocycles. The predicted octanol–water partition coefficient (Wildman–Crippen LogP) is 5.63. The average Bonchev–Trinajstić information content (AvgIpc) is 2.59. The third-order valence-electron chi connectivity index (χ3n) is 7.93. The summed E-state index contributed by atoms with van der Waals surface area (Å²) in [5.41, 5.74) is 1.30. The van der Waals surface area contributed by atoms with E-state index >= 15 is 0 Å². The molecule has 1 aliphatic heterocycles. The molecule has 0 amide bonds. The minimum absolute atomic E-state index is 0.0302. The zero-order chi connectivity index (χ0) is 22.3. The van der Waals surface area contributed by atoms with Crippen LogP contribution in [0.5, 0.6) is 0 Å². The molecule has 1 N–H and O–H groups in total. The fourth-order valence-corrected chi connectivity index (χ4v) is 6.58. The van der Waals surface area contributed by atoms with Gasteiger partial charge in [-0.2, -0.15) is 0 Å². The first kappa shape index (κ1) is 23.7. The maximum atomic E-state index is 12.3. The first-order chi connectivity index (χ1) is 13.9. The summed E-state index contributed by atoms with van der Waals surface area (Å²) in [5.74, 6) is 1.33. The van der Waals surface area contributed by atoms with Crippen molar-refractivity contribution in [3.8, 4) is 0 Å². The van der Waals surface area contributed by atoms with Crippen LogP contribution in [0.25, 0.3) is 0 Å². The van der Waals surface area contributed by atoms with Gasteiger partial charge in [-0.05, 0) is 60.7 Å². The van der Waals surface area contributed by atoms with Crippen LogP contribution >= 0.6 is 0 Å². The predicted molar refractivity (Wildman–Crippen MR) is 124 cm³/mol. The van der Waals surface area contributed by atoms with Gasteiger partial charge >= 0.3 is 5.97 Å². The van der Waals surface area contributed by atoms with E-state index in [1.807, 2.05) is 0 Å². The second-order valence-corrected chi connectivity index (χ2v) is 16.2. The van der Waals surface area contributed by atoms with E-state index < -0.39 is 8.32 Å². The number of allylic oxidation sites excluding steroid dienone is 3. The van der Waals surface area contributed by atoms with E-state index in [2.05, 4.69) is 65.9 Å². The number of aliphatic hydroxyl groups is 1. The Kier molecular flexibility index (Phi) is 7.05. The lowest BCUT2D eigenvalue weighted by atomic mass is 9.65. The van der Waals surface area contributed by atoms with E-state index in [0.717, 1.165) is 25.7 Å². The summed E-state index contributed by atoms with van der Waals surface area (Å²) >= 11 is 0. The van der Waals surface area contributed by atoms with Crippen molar-refractivity contribution < 1.29 is 19.1 Å². The molecule has 0 aromatic heterocycles. The van der Waals surface area contributed by atoms with Gasteiger partial charge in [-0.3, -0.25) is 4.79 Å². The average molecular weight is 435 g/mol. The molecule has 0 unspecified atom stereocenters. The van der Waals surface area contributed by atoms with Crippen molar-refractivity contribution in [1.82, 2.24) is 0 Å². The van der Waals surface area contributed by atoms with Gasteiger partial charge in [-0.25, -0.2) is 0 Å². The third-order valence-corrected chi connectivity index (χ3v) is 12.5. The molecule has 0 aromatic rings. The summed E-state index contributed by atoms with van der Waals surface area (Å²) in [6.07, 6.45) is 10.3. The van der Waals surface area contributed by atoms with Crippen molar-refractivity contribution >= 4 is 14.3 Å². The molecule has 1 saturated heterocycles. The molecule has 170 valence electrons. The Morgan fingerprint density at radius 1 is 1.20 bits per heavy atom. The molecule has 0 saturated carbocycles. The number of cyclic esters (lactones) is 1. The Morgan fingerprint density at radius 3 is 2.57 bits per heavy atom. The van der Waals surface area contributed by atoms with E-state index in [4.69, 9.17) is 9.16 Å². The minimum atomic E-state index is -1.91. The molecule has 5 heteroatoms. The van der Waals surface area contributed by atoms with E-state index in [1.165, 1.54) is 5.57 Å². The van der Waals surface area contributed by atoms with E-state index in [-0.39, 0.29) is 35.2 Å². The van der Waals surface area contributed by atoms with Gasteiger partial charge in [0.15, 0.2) is 8.32 Å². The van der Waals surface area contributed by atoms with Crippen LogP contribution < -0.4 is 0 Å². The first-order valence-corrected chi connectivity index (χ1v) is 14.7. The standard InChI is InChI=1S/C25H42O4Si/c1-16-12-18-9-8-17(2)21(24(18)22(26)13-16)11-10-19-14-20(15-23(27)28-19)29-30(6,7)25(3,4)5/h8-9,12,16-17,19-22,24,26H,10-11,13-15H2,1-7H3/t16-,17+,19-,20+,21+,22+,24+/m1/s1. The van der Waals surface area contributed by atoms with Crippen molar-refractivity contribution in [2.45, 2.75) is 103 Å². The molecular formula is C25H42O4Si. The number of fused-ring (bicyclic) bond motifs is 1. The number of esters is 1. The molecule has 0 bridgehead atoms. The van der Waals surface area contributed by atoms with Gasteiger partial charge in [0, 0.05) is 12.3 Å². The number of hydrogen-bond acceptors (Lipinski definition) is 4. The summed E-state index contributed by atoms with van der Waals surface area (Å²) in [4.78, 5) is 12.3. The van der Waals surface area contributed by atoms with E-state index in [9.17, 15) is 9.90 Å². The van der Waals surface area contributed by atoms with Gasteiger partial charge in [-0.15, -0.1) is 0 Å². The molecule has 0 aromatic carbocycles. The lowest BCUT2D eigenvalue weighted by Crippen LogP contribution is -2.47. The Hall–Kier alpha value is -0.913. The zero-order valence-corrected chi connectivity index (χ0v) is 21.0. The molecule has 3 rings (SSSR count). The fraction of sp³-hybridized carbons (Fsp3) is 0.800. The summed E-state index contributed by atoms with van der Waals surface area (Å²) in [6.45, 7) is 15.6. The Morgan fingerprint density at radius 2 is 1.90 bits per heavy atom. The van der Waals surface area contributed by atoms with Crippen LogP contribution in [-0.2, 0) is 14.0 Å². The van der Waals surface area contributed by atoms with Crippen LogP contribution in [0.3, 0.4) is 0 Å². The number of ether oxygens (including phenoxy) is 1. The van der Waals surface area contributed by atoms with Gasteiger partial charge in [0.25, 0.3) is 0 Å². The summed E-state index contributed by atoms with van der Waals surface area (Å²) in [7, 11) is -1.91. The highest BCUT2D eigenvalue weighted by molar-refractivity contribution is 6.74. The van der Waals surface area contributed by atoms with E-state index in [1.54, 1.807) is 0 Å². The molecule has 7 atom stereocenters. The molecule has 1 fully saturated rings. The van der Waals surface area contributed by atoms with Crippen molar-refractivity contribution in [2.24, 2.45) is 23.7 Å². The first-order valence-electron chi connectivity index (χ1n) is 11.8. The highest BCUT2D eigenvalue weighted by Gasteiger charge is 2.42. The highest BCUT2D eigenvalue weighted by atomic mass is 28.4. The monoisotopic (exact) mass is 434 g/mol. The number of rotatable bonds is 5. The second-order valence-electron chi connectivity index (χ2n) is 11.5. The zero-order valence-electron chi connectivity index (χ0n) is 20.0. The van der Waals surface area contributed by atoms with Crippen molar-refractivity contribution in [3.63, 3.8) is 0 Å². The summed E-state index contributed by atoms with van der Waals surface area (Å²) < 4.78 is 12.3. The molecule has 2 aliphatic carbocycles. The summed E-state index contributed by atoms with van der Waals surface area (Å²) in [6, 6.07) is 0. The number of aliphatic hydroxyl groups excluding tert-OH is 1. The normalized spacial score (nSPS) is 37.4. The Balaban J connectivity index is 1.64. The van der Waals surface area contributed by atoms with Crippen LogP contribution in [0.4, 0.5) is 0 Å². The minimum Gasteiger partial charge on any atom is -0.462 e. The Bertz CT molecular complexity index is 690. The lowest BCUT2D eigenvalue weighted by Gasteiger charge is -2.43. The number of carbonyl (C=O) groups is 1. The molecule has 0 radical (unpaired) electrons. The smallest absolute Gasteiger partial charge is 0.308 e. The molecular weight excluding hydrogens is 392 g/mol. The van der Waals surface area contributed by atoms with Crippen LogP contribution in [0.1, 0.15) is 66.7 Å². The molecule has 30 heavy (non-hydrogen) atoms. The van der Waals surface area contributed by atoms with Gasteiger partial charge in [-0.1, -0.05) is 52.8 Å². The SMILES string of the molecule is C[C@@H]1C=C2C=C[C@H](C)[C@H](CC[C@@H]3C[C@H](O[Si](C)(C)C(C)(C)C)CC(=O)O3)[C@H]2[C@@H](O)C1. The van der Waals surface area contributed by atoms with Gasteiger partial charge in [0.2, 0.25) is 0 Å². The molecule has 0 spiro atoms. The topological polar surface area (TPSA) is 55.8 Å². The van der Waals surface area contributed by atoms with Gasteiger partial charge in [0.05, 0.1) is 18.6 Å². The van der Waals surface area contributed by atoms with E-state index in [0.29, 0.717) is 24.2 Å². The molecule has 3 aliphatic rings. The maximum absolute atomic E-state index is 12.3. The highest BCUT2D eigenvalue weighted by Crippen LogP contribution is 2.44. The van der Waals surface area contributed by atoms with Gasteiger partial charge in [0.1, 0.15) is 6.10 Å². The van der Waals surface area contributed by atoms with Crippen molar-refractivity contribution in [1.29, 1.82) is 0 Å². The number of carbonyl (C=O) groups excluding carboxylic acids is 1. The second kappa shape index (κ2) is 8.91. The van der Waals surface area contributed by atoms with Crippen LogP contribution in [0, 0.1) is 23.7 Å². The van der Waals surface area contributed by atoms with Gasteiger partial charge < -0.3 is 14.3 Å².